The highest BCUT2D eigenvalue weighted by Crippen LogP contribution is 2.26. The zero-order valence-corrected chi connectivity index (χ0v) is 12.0. The zero-order chi connectivity index (χ0) is 14.0. The van der Waals surface area contributed by atoms with Crippen molar-refractivity contribution in [2.75, 3.05) is 17.7 Å². The van der Waals surface area contributed by atoms with Crippen LogP contribution in [0.2, 0.25) is 0 Å². The zero-order valence-electron chi connectivity index (χ0n) is 12.0. The Hall–Kier alpha value is -2.04. The van der Waals surface area contributed by atoms with E-state index in [1.54, 1.807) is 6.33 Å². The molecule has 5 heteroatoms. The van der Waals surface area contributed by atoms with Crippen molar-refractivity contribution >= 4 is 11.6 Å². The van der Waals surface area contributed by atoms with E-state index in [0.29, 0.717) is 0 Å². The van der Waals surface area contributed by atoms with Gasteiger partial charge in [-0.05, 0) is 33.8 Å². The Balaban J connectivity index is 2.24. The number of aromatic nitrogens is 2. The first-order chi connectivity index (χ1) is 9.02. The van der Waals surface area contributed by atoms with Crippen molar-refractivity contribution in [2.45, 2.75) is 33.7 Å². The maximum atomic E-state index is 5.56. The molecular formula is C14H20N4O. The summed E-state index contributed by atoms with van der Waals surface area (Å²) in [6, 6.07) is 2.19. The lowest BCUT2D eigenvalue weighted by Crippen LogP contribution is -2.11. The molecule has 0 saturated heterocycles. The van der Waals surface area contributed by atoms with Crippen LogP contribution in [-0.2, 0) is 0 Å². The van der Waals surface area contributed by atoms with E-state index in [2.05, 4.69) is 33.6 Å². The monoisotopic (exact) mass is 260 g/mol. The summed E-state index contributed by atoms with van der Waals surface area (Å²) in [6.45, 7) is 8.02. The van der Waals surface area contributed by atoms with Crippen LogP contribution < -0.4 is 10.6 Å². The molecule has 102 valence electrons. The van der Waals surface area contributed by atoms with Crippen LogP contribution in [0.3, 0.4) is 0 Å². The summed E-state index contributed by atoms with van der Waals surface area (Å²) in [5.41, 5.74) is 2.16. The van der Waals surface area contributed by atoms with Crippen LogP contribution in [0.4, 0.5) is 11.6 Å². The topological polar surface area (TPSA) is 63.0 Å². The van der Waals surface area contributed by atoms with Crippen molar-refractivity contribution in [3.8, 4) is 0 Å². The minimum absolute atomic E-state index is 0.135. The predicted molar refractivity (Wildman–Crippen MR) is 76.5 cm³/mol. The van der Waals surface area contributed by atoms with Gasteiger partial charge in [0.05, 0.1) is 6.04 Å². The summed E-state index contributed by atoms with van der Waals surface area (Å²) in [6.07, 6.45) is 1.56. The number of nitrogens with one attached hydrogen (secondary N) is 2. The van der Waals surface area contributed by atoms with Crippen molar-refractivity contribution in [3.05, 3.63) is 35.0 Å². The number of rotatable bonds is 4. The first kappa shape index (κ1) is 13.4. The lowest BCUT2D eigenvalue weighted by atomic mass is 10.1. The molecule has 0 aliphatic carbocycles. The minimum Gasteiger partial charge on any atom is -0.466 e. The number of nitrogens with zero attached hydrogens (tertiary/aromatic N) is 2. The molecule has 1 atom stereocenters. The minimum atomic E-state index is 0.135. The van der Waals surface area contributed by atoms with E-state index in [1.807, 2.05) is 27.8 Å². The molecule has 5 nitrogen and oxygen atoms in total. The molecule has 0 spiro atoms. The van der Waals surface area contributed by atoms with Gasteiger partial charge in [-0.2, -0.15) is 0 Å². The summed E-state index contributed by atoms with van der Waals surface area (Å²) < 4.78 is 5.56. The molecule has 2 rings (SSSR count). The Kier molecular flexibility index (Phi) is 3.74. The van der Waals surface area contributed by atoms with Gasteiger partial charge in [-0.1, -0.05) is 0 Å². The molecule has 0 saturated carbocycles. The van der Waals surface area contributed by atoms with Gasteiger partial charge in [0, 0.05) is 18.2 Å². The van der Waals surface area contributed by atoms with Crippen molar-refractivity contribution in [1.29, 1.82) is 0 Å². The van der Waals surface area contributed by atoms with Gasteiger partial charge in [0.1, 0.15) is 29.5 Å². The van der Waals surface area contributed by atoms with Crippen LogP contribution in [0.25, 0.3) is 0 Å². The van der Waals surface area contributed by atoms with Gasteiger partial charge in [0.15, 0.2) is 0 Å². The number of hydrogen-bond donors (Lipinski definition) is 2. The first-order valence-corrected chi connectivity index (χ1v) is 6.35. The average molecular weight is 260 g/mol. The highest BCUT2D eigenvalue weighted by atomic mass is 16.3. The van der Waals surface area contributed by atoms with E-state index in [0.717, 1.165) is 34.3 Å². The molecule has 2 aromatic heterocycles. The number of hydrogen-bond acceptors (Lipinski definition) is 5. The average Bonchev–Trinajstić information content (AvgIpc) is 2.71. The van der Waals surface area contributed by atoms with Crippen molar-refractivity contribution < 1.29 is 4.42 Å². The second kappa shape index (κ2) is 5.30. The molecule has 0 aliphatic rings. The molecular weight excluding hydrogens is 240 g/mol. The van der Waals surface area contributed by atoms with Gasteiger partial charge < -0.3 is 15.1 Å². The maximum absolute atomic E-state index is 5.56. The quantitative estimate of drug-likeness (QED) is 0.883. The van der Waals surface area contributed by atoms with Gasteiger partial charge in [0.25, 0.3) is 0 Å². The molecule has 0 fully saturated rings. The fourth-order valence-corrected chi connectivity index (χ4v) is 2.21. The van der Waals surface area contributed by atoms with Crippen molar-refractivity contribution in [3.63, 3.8) is 0 Å². The summed E-state index contributed by atoms with van der Waals surface area (Å²) in [7, 11) is 1.85. The van der Waals surface area contributed by atoms with Gasteiger partial charge in [-0.3, -0.25) is 0 Å². The van der Waals surface area contributed by atoms with E-state index in [-0.39, 0.29) is 6.04 Å². The molecule has 1 unspecified atom stereocenters. The lowest BCUT2D eigenvalue weighted by molar-refractivity contribution is 0.499. The molecule has 0 aromatic carbocycles. The number of anilines is 2. The van der Waals surface area contributed by atoms with Gasteiger partial charge in [-0.25, -0.2) is 9.97 Å². The summed E-state index contributed by atoms with van der Waals surface area (Å²) in [4.78, 5) is 8.47. The fraction of sp³-hybridized carbons (Fsp3) is 0.429. The van der Waals surface area contributed by atoms with Gasteiger partial charge >= 0.3 is 0 Å². The molecule has 0 aliphatic heterocycles. The first-order valence-electron chi connectivity index (χ1n) is 6.35. The van der Waals surface area contributed by atoms with Crippen LogP contribution in [0, 0.1) is 20.8 Å². The van der Waals surface area contributed by atoms with Crippen LogP contribution in [-0.4, -0.2) is 17.0 Å². The Labute approximate surface area is 113 Å². The summed E-state index contributed by atoms with van der Waals surface area (Å²) in [5, 5.41) is 6.46. The molecule has 2 aromatic rings. The van der Waals surface area contributed by atoms with Crippen molar-refractivity contribution in [2.24, 2.45) is 0 Å². The summed E-state index contributed by atoms with van der Waals surface area (Å²) in [5.74, 6) is 3.55. The summed E-state index contributed by atoms with van der Waals surface area (Å²) >= 11 is 0. The molecule has 2 heterocycles. The van der Waals surface area contributed by atoms with Crippen LogP contribution in [0.15, 0.2) is 16.8 Å². The largest absolute Gasteiger partial charge is 0.466 e. The Morgan fingerprint density at radius 1 is 1.16 bits per heavy atom. The fourth-order valence-electron chi connectivity index (χ4n) is 2.21. The standard InChI is InChI=1S/C14H20N4O/c1-8-6-12(11(4)19-8)10(3)18-14-9(2)13(15-5)16-7-17-14/h6-7,10H,1-5H3,(H2,15,16,17,18). The SMILES string of the molecule is CNc1ncnc(NC(C)c2cc(C)oc2C)c1C. The number of furan rings is 1. The number of aryl methyl sites for hydroxylation is 2. The Morgan fingerprint density at radius 3 is 2.42 bits per heavy atom. The van der Waals surface area contributed by atoms with Crippen LogP contribution >= 0.6 is 0 Å². The maximum Gasteiger partial charge on any atom is 0.134 e. The van der Waals surface area contributed by atoms with Crippen molar-refractivity contribution in [1.82, 2.24) is 9.97 Å². The van der Waals surface area contributed by atoms with E-state index >= 15 is 0 Å². The molecule has 2 N–H and O–H groups in total. The van der Waals surface area contributed by atoms with E-state index < -0.39 is 0 Å². The second-order valence-electron chi connectivity index (χ2n) is 4.68. The van der Waals surface area contributed by atoms with E-state index in [9.17, 15) is 0 Å². The normalized spacial score (nSPS) is 12.3. The smallest absolute Gasteiger partial charge is 0.134 e. The van der Waals surface area contributed by atoms with Gasteiger partial charge in [-0.15, -0.1) is 0 Å². The second-order valence-corrected chi connectivity index (χ2v) is 4.68. The highest BCUT2D eigenvalue weighted by Gasteiger charge is 2.15. The van der Waals surface area contributed by atoms with E-state index in [4.69, 9.17) is 4.42 Å². The Bertz CT molecular complexity index is 577. The third-order valence-corrected chi connectivity index (χ3v) is 3.22. The van der Waals surface area contributed by atoms with Gasteiger partial charge in [0.2, 0.25) is 0 Å². The molecule has 0 radical (unpaired) electrons. The molecule has 0 amide bonds. The molecule has 0 bridgehead atoms. The highest BCUT2D eigenvalue weighted by molar-refractivity contribution is 5.57. The third kappa shape index (κ3) is 2.70. The van der Waals surface area contributed by atoms with Crippen LogP contribution in [0.5, 0.6) is 0 Å². The molecule has 19 heavy (non-hydrogen) atoms. The van der Waals surface area contributed by atoms with E-state index in [1.165, 1.54) is 0 Å². The Morgan fingerprint density at radius 2 is 1.84 bits per heavy atom. The van der Waals surface area contributed by atoms with Crippen LogP contribution in [0.1, 0.15) is 35.6 Å². The predicted octanol–water partition coefficient (Wildman–Crippen LogP) is 3.21. The third-order valence-electron chi connectivity index (χ3n) is 3.22. The lowest BCUT2D eigenvalue weighted by Gasteiger charge is -2.16.